The summed E-state index contributed by atoms with van der Waals surface area (Å²) in [5.74, 6) is 1.19. The molecule has 1 rings (SSSR count). The van der Waals surface area contributed by atoms with Gasteiger partial charge in [0.15, 0.2) is 0 Å². The quantitative estimate of drug-likeness (QED) is 0.787. The lowest BCUT2D eigenvalue weighted by molar-refractivity contribution is 0.146. The van der Waals surface area contributed by atoms with Gasteiger partial charge in [0.2, 0.25) is 5.88 Å². The van der Waals surface area contributed by atoms with E-state index in [0.29, 0.717) is 17.8 Å². The van der Waals surface area contributed by atoms with Crippen LogP contribution in [-0.4, -0.2) is 31.9 Å². The average Bonchev–Trinajstić information content (AvgIpc) is 2.34. The molecule has 0 aliphatic carbocycles. The minimum atomic E-state index is 0.360. The highest BCUT2D eigenvalue weighted by Crippen LogP contribution is 2.09. The molecule has 0 aliphatic heterocycles. The molecule has 17 heavy (non-hydrogen) atoms. The lowest BCUT2D eigenvalue weighted by Gasteiger charge is -2.21. The second-order valence-corrected chi connectivity index (χ2v) is 4.39. The van der Waals surface area contributed by atoms with Crippen molar-refractivity contribution >= 4 is 0 Å². The number of hydrogen-bond donors (Lipinski definition) is 1. The number of ether oxygens (including phenoxy) is 2. The minimum absolute atomic E-state index is 0.360. The van der Waals surface area contributed by atoms with Crippen LogP contribution >= 0.6 is 0 Å². The molecule has 0 amide bonds. The molecule has 1 aromatic heterocycles. The monoisotopic (exact) mass is 238 g/mol. The Balaban J connectivity index is 2.52. The van der Waals surface area contributed by atoms with Gasteiger partial charge in [-0.25, -0.2) is 4.98 Å². The molecular formula is C13H22N2O2. The number of hydrogen-bond acceptors (Lipinski definition) is 4. The standard InChI is InChI=1S/C13H22N2O2/c1-10(2)12(9-16-3)15-8-11-5-6-14-13(7-11)17-4/h5-7,10,12,15H,8-9H2,1-4H3. The van der Waals surface area contributed by atoms with Crippen molar-refractivity contribution in [3.8, 4) is 5.88 Å². The first-order chi connectivity index (χ1) is 8.17. The molecule has 96 valence electrons. The van der Waals surface area contributed by atoms with Crippen LogP contribution in [0.4, 0.5) is 0 Å². The van der Waals surface area contributed by atoms with Crippen LogP contribution in [0, 0.1) is 5.92 Å². The molecule has 4 nitrogen and oxygen atoms in total. The number of rotatable bonds is 7. The topological polar surface area (TPSA) is 43.4 Å². The summed E-state index contributed by atoms with van der Waals surface area (Å²) in [7, 11) is 3.36. The van der Waals surface area contributed by atoms with Crippen molar-refractivity contribution in [2.75, 3.05) is 20.8 Å². The van der Waals surface area contributed by atoms with Gasteiger partial charge in [0, 0.05) is 32.0 Å². The molecule has 0 bridgehead atoms. The largest absolute Gasteiger partial charge is 0.481 e. The van der Waals surface area contributed by atoms with Gasteiger partial charge in [0.1, 0.15) is 0 Å². The van der Waals surface area contributed by atoms with Gasteiger partial charge in [-0.2, -0.15) is 0 Å². The van der Waals surface area contributed by atoms with Gasteiger partial charge in [-0.15, -0.1) is 0 Å². The van der Waals surface area contributed by atoms with Crippen LogP contribution in [0.15, 0.2) is 18.3 Å². The second kappa shape index (κ2) is 7.25. The van der Waals surface area contributed by atoms with Crippen molar-refractivity contribution in [2.45, 2.75) is 26.4 Å². The molecule has 1 N–H and O–H groups in total. The van der Waals surface area contributed by atoms with Crippen LogP contribution in [0.5, 0.6) is 5.88 Å². The van der Waals surface area contributed by atoms with Gasteiger partial charge in [-0.3, -0.25) is 0 Å². The normalized spacial score (nSPS) is 12.8. The van der Waals surface area contributed by atoms with Crippen LogP contribution in [-0.2, 0) is 11.3 Å². The van der Waals surface area contributed by atoms with E-state index in [1.165, 1.54) is 5.56 Å². The highest BCUT2D eigenvalue weighted by atomic mass is 16.5. The fraction of sp³-hybridized carbons (Fsp3) is 0.615. The summed E-state index contributed by atoms with van der Waals surface area (Å²) in [5, 5.41) is 3.48. The van der Waals surface area contributed by atoms with Crippen molar-refractivity contribution in [3.05, 3.63) is 23.9 Å². The predicted molar refractivity (Wildman–Crippen MR) is 68.1 cm³/mol. The van der Waals surface area contributed by atoms with E-state index in [1.54, 1.807) is 20.4 Å². The molecule has 0 fully saturated rings. The fourth-order valence-corrected chi connectivity index (χ4v) is 1.59. The summed E-state index contributed by atoms with van der Waals surface area (Å²) in [6.45, 7) is 5.89. The van der Waals surface area contributed by atoms with Crippen molar-refractivity contribution in [1.29, 1.82) is 0 Å². The summed E-state index contributed by atoms with van der Waals surface area (Å²) in [6.07, 6.45) is 1.76. The first-order valence-electron chi connectivity index (χ1n) is 5.88. The molecule has 0 radical (unpaired) electrons. The lowest BCUT2D eigenvalue weighted by atomic mass is 10.1. The molecule has 0 spiro atoms. The summed E-state index contributed by atoms with van der Waals surface area (Å²) >= 11 is 0. The molecule has 4 heteroatoms. The number of pyridine rings is 1. The molecule has 1 aromatic rings. The van der Waals surface area contributed by atoms with Crippen LogP contribution in [0.3, 0.4) is 0 Å². The number of nitrogens with one attached hydrogen (secondary N) is 1. The Hall–Kier alpha value is -1.13. The number of methoxy groups -OCH3 is 2. The molecular weight excluding hydrogens is 216 g/mol. The van der Waals surface area contributed by atoms with Crippen LogP contribution in [0.25, 0.3) is 0 Å². The lowest BCUT2D eigenvalue weighted by Crippen LogP contribution is -2.37. The second-order valence-electron chi connectivity index (χ2n) is 4.39. The van der Waals surface area contributed by atoms with Crippen molar-refractivity contribution < 1.29 is 9.47 Å². The number of nitrogens with zero attached hydrogens (tertiary/aromatic N) is 1. The molecule has 1 atom stereocenters. The minimum Gasteiger partial charge on any atom is -0.481 e. The van der Waals surface area contributed by atoms with Gasteiger partial charge in [0.05, 0.1) is 13.7 Å². The van der Waals surface area contributed by atoms with Gasteiger partial charge >= 0.3 is 0 Å². The molecule has 0 saturated carbocycles. The highest BCUT2D eigenvalue weighted by Gasteiger charge is 2.12. The van der Waals surface area contributed by atoms with Crippen molar-refractivity contribution in [3.63, 3.8) is 0 Å². The average molecular weight is 238 g/mol. The van der Waals surface area contributed by atoms with E-state index in [1.807, 2.05) is 12.1 Å². The Morgan fingerprint density at radius 3 is 2.71 bits per heavy atom. The summed E-state index contributed by atoms with van der Waals surface area (Å²) in [4.78, 5) is 4.08. The van der Waals surface area contributed by atoms with E-state index >= 15 is 0 Å². The zero-order valence-electron chi connectivity index (χ0n) is 11.1. The van der Waals surface area contributed by atoms with E-state index in [9.17, 15) is 0 Å². The third-order valence-corrected chi connectivity index (χ3v) is 2.73. The molecule has 0 aromatic carbocycles. The maximum atomic E-state index is 5.20. The zero-order chi connectivity index (χ0) is 12.7. The maximum Gasteiger partial charge on any atom is 0.213 e. The van der Waals surface area contributed by atoms with Gasteiger partial charge < -0.3 is 14.8 Å². The zero-order valence-corrected chi connectivity index (χ0v) is 11.1. The summed E-state index contributed by atoms with van der Waals surface area (Å²) in [6, 6.07) is 4.29. The van der Waals surface area contributed by atoms with E-state index in [2.05, 4.69) is 24.1 Å². The first-order valence-corrected chi connectivity index (χ1v) is 5.88. The smallest absolute Gasteiger partial charge is 0.213 e. The highest BCUT2D eigenvalue weighted by molar-refractivity contribution is 5.20. The SMILES string of the molecule is COCC(NCc1ccnc(OC)c1)C(C)C. The van der Waals surface area contributed by atoms with E-state index < -0.39 is 0 Å². The van der Waals surface area contributed by atoms with Crippen LogP contribution in [0.1, 0.15) is 19.4 Å². The Bertz CT molecular complexity index is 329. The molecule has 1 heterocycles. The predicted octanol–water partition coefficient (Wildman–Crippen LogP) is 1.85. The van der Waals surface area contributed by atoms with Gasteiger partial charge in [-0.1, -0.05) is 13.8 Å². The number of aromatic nitrogens is 1. The summed E-state index contributed by atoms with van der Waals surface area (Å²) < 4.78 is 10.3. The van der Waals surface area contributed by atoms with Crippen molar-refractivity contribution in [1.82, 2.24) is 10.3 Å². The van der Waals surface area contributed by atoms with E-state index in [0.717, 1.165) is 13.2 Å². The summed E-state index contributed by atoms with van der Waals surface area (Å²) in [5.41, 5.74) is 1.17. The molecule has 0 aliphatic rings. The van der Waals surface area contributed by atoms with Gasteiger partial charge in [0.25, 0.3) is 0 Å². The van der Waals surface area contributed by atoms with E-state index in [-0.39, 0.29) is 0 Å². The maximum absolute atomic E-state index is 5.20. The third-order valence-electron chi connectivity index (χ3n) is 2.73. The van der Waals surface area contributed by atoms with Crippen LogP contribution < -0.4 is 10.1 Å². The van der Waals surface area contributed by atoms with Crippen molar-refractivity contribution in [2.24, 2.45) is 5.92 Å². The van der Waals surface area contributed by atoms with Crippen LogP contribution in [0.2, 0.25) is 0 Å². The Labute approximate surface area is 103 Å². The Morgan fingerprint density at radius 2 is 2.12 bits per heavy atom. The first kappa shape index (κ1) is 13.9. The fourth-order valence-electron chi connectivity index (χ4n) is 1.59. The van der Waals surface area contributed by atoms with Gasteiger partial charge in [-0.05, 0) is 17.5 Å². The Morgan fingerprint density at radius 1 is 1.35 bits per heavy atom. The molecule has 0 saturated heterocycles. The van der Waals surface area contributed by atoms with E-state index in [4.69, 9.17) is 9.47 Å². The Kier molecular flexibility index (Phi) is 5.94. The third kappa shape index (κ3) is 4.71. The molecule has 1 unspecified atom stereocenters.